The van der Waals surface area contributed by atoms with E-state index in [9.17, 15) is 14.7 Å². The van der Waals surface area contributed by atoms with Crippen LogP contribution >= 0.6 is 11.6 Å². The van der Waals surface area contributed by atoms with Crippen molar-refractivity contribution in [1.82, 2.24) is 4.98 Å². The zero-order valence-electron chi connectivity index (χ0n) is 17.8. The zero-order chi connectivity index (χ0) is 23.3. The highest BCUT2D eigenvalue weighted by Gasteiger charge is 2.44. The lowest BCUT2D eigenvalue weighted by Crippen LogP contribution is -2.30. The molecule has 7 nitrogen and oxygen atoms in total. The van der Waals surface area contributed by atoms with E-state index in [-0.39, 0.29) is 28.3 Å². The minimum absolute atomic E-state index is 0.0378. The molecule has 1 aliphatic heterocycles. The minimum atomic E-state index is -0.831. The molecule has 1 N–H and O–H groups in total. The van der Waals surface area contributed by atoms with Gasteiger partial charge in [-0.25, -0.2) is 4.98 Å². The summed E-state index contributed by atoms with van der Waals surface area (Å²) >= 11 is 6.00. The number of benzene rings is 2. The van der Waals surface area contributed by atoms with Crippen LogP contribution in [0.25, 0.3) is 11.0 Å². The summed E-state index contributed by atoms with van der Waals surface area (Å²) in [4.78, 5) is 32.9. The summed E-state index contributed by atoms with van der Waals surface area (Å²) in [5.41, 5.74) is 1.72. The zero-order valence-corrected chi connectivity index (χ0v) is 18.6. The summed E-state index contributed by atoms with van der Waals surface area (Å²) in [6.07, 6.45) is 1.43. The number of hydrogen-bond acceptors (Lipinski definition) is 6. The van der Waals surface area contributed by atoms with E-state index >= 15 is 0 Å². The van der Waals surface area contributed by atoms with Gasteiger partial charge in [0.05, 0.1) is 28.6 Å². The summed E-state index contributed by atoms with van der Waals surface area (Å²) in [6, 6.07) is 12.4. The van der Waals surface area contributed by atoms with Crippen LogP contribution in [0.1, 0.15) is 40.2 Å². The van der Waals surface area contributed by atoms with E-state index in [0.717, 1.165) is 5.56 Å². The molecule has 1 unspecified atom stereocenters. The van der Waals surface area contributed by atoms with Gasteiger partial charge in [-0.05, 0) is 55.8 Å². The third-order valence-electron chi connectivity index (χ3n) is 5.58. The first kappa shape index (κ1) is 21.0. The summed E-state index contributed by atoms with van der Waals surface area (Å²) in [6.45, 7) is 4.02. The Bertz CT molecular complexity index is 1460. The summed E-state index contributed by atoms with van der Waals surface area (Å²) in [7, 11) is 0. The minimum Gasteiger partial charge on any atom is -0.504 e. The number of aromatic nitrogens is 1. The largest absolute Gasteiger partial charge is 0.504 e. The first-order valence-electron chi connectivity index (χ1n) is 10.4. The fourth-order valence-electron chi connectivity index (χ4n) is 4.12. The number of pyridine rings is 1. The van der Waals surface area contributed by atoms with Gasteiger partial charge < -0.3 is 14.3 Å². The van der Waals surface area contributed by atoms with Crippen LogP contribution in [0, 0.1) is 6.92 Å². The number of nitrogens with zero attached hydrogens (tertiary/aromatic N) is 2. The molecular weight excluding hydrogens is 444 g/mol. The van der Waals surface area contributed by atoms with Gasteiger partial charge in [-0.3, -0.25) is 14.5 Å². The number of aryl methyl sites for hydroxylation is 1. The number of ether oxygens (including phenoxy) is 1. The maximum atomic E-state index is 13.6. The molecule has 3 heterocycles. The van der Waals surface area contributed by atoms with Crippen molar-refractivity contribution in [2.75, 3.05) is 11.5 Å². The Kier molecular flexibility index (Phi) is 5.06. The van der Waals surface area contributed by atoms with E-state index in [0.29, 0.717) is 34.0 Å². The predicted octanol–water partition coefficient (Wildman–Crippen LogP) is 5.00. The molecule has 1 aliphatic rings. The van der Waals surface area contributed by atoms with Crippen molar-refractivity contribution in [2.24, 2.45) is 0 Å². The number of aromatic hydroxyl groups is 1. The second-order valence-corrected chi connectivity index (χ2v) is 8.18. The maximum absolute atomic E-state index is 13.6. The Morgan fingerprint density at radius 1 is 1.15 bits per heavy atom. The molecule has 1 amide bonds. The van der Waals surface area contributed by atoms with E-state index < -0.39 is 11.9 Å². The number of halogens is 1. The number of carbonyl (C=O) groups is 1. The summed E-state index contributed by atoms with van der Waals surface area (Å²) < 4.78 is 11.5. The number of hydrogen-bond donors (Lipinski definition) is 1. The number of phenols is 1. The Morgan fingerprint density at radius 3 is 2.70 bits per heavy atom. The van der Waals surface area contributed by atoms with Gasteiger partial charge in [0.15, 0.2) is 16.9 Å². The average Bonchev–Trinajstić information content (AvgIpc) is 3.09. The molecule has 0 radical (unpaired) electrons. The highest BCUT2D eigenvalue weighted by molar-refractivity contribution is 6.30. The lowest BCUT2D eigenvalue weighted by molar-refractivity contribution is 0.0970. The number of phenolic OH excluding ortho intramolecular Hbond substituents is 1. The van der Waals surface area contributed by atoms with Gasteiger partial charge in [-0.2, -0.15) is 0 Å². The predicted molar refractivity (Wildman–Crippen MR) is 124 cm³/mol. The molecule has 0 aliphatic carbocycles. The maximum Gasteiger partial charge on any atom is 0.296 e. The van der Waals surface area contributed by atoms with Crippen LogP contribution in [0.4, 0.5) is 5.82 Å². The lowest BCUT2D eigenvalue weighted by atomic mass is 9.97. The third-order valence-corrected chi connectivity index (χ3v) is 5.81. The van der Waals surface area contributed by atoms with Crippen molar-refractivity contribution in [1.29, 1.82) is 0 Å². The van der Waals surface area contributed by atoms with Crippen LogP contribution in [-0.4, -0.2) is 22.6 Å². The summed E-state index contributed by atoms with van der Waals surface area (Å²) in [5, 5.41) is 11.0. The molecule has 33 heavy (non-hydrogen) atoms. The van der Waals surface area contributed by atoms with Gasteiger partial charge in [-0.15, -0.1) is 0 Å². The van der Waals surface area contributed by atoms with E-state index in [2.05, 4.69) is 4.98 Å². The molecule has 0 saturated heterocycles. The number of anilines is 1. The number of carbonyl (C=O) groups excluding carboxylic acids is 1. The van der Waals surface area contributed by atoms with Gasteiger partial charge in [0.25, 0.3) is 5.91 Å². The van der Waals surface area contributed by atoms with Crippen LogP contribution in [0.15, 0.2) is 63.9 Å². The topological polar surface area (TPSA) is 92.9 Å². The molecule has 4 aromatic rings. The van der Waals surface area contributed by atoms with Gasteiger partial charge >= 0.3 is 0 Å². The Labute approximate surface area is 193 Å². The van der Waals surface area contributed by atoms with Gasteiger partial charge in [-0.1, -0.05) is 29.3 Å². The fourth-order valence-corrected chi connectivity index (χ4v) is 4.23. The first-order valence-corrected chi connectivity index (χ1v) is 10.7. The molecule has 0 bridgehead atoms. The SMILES string of the molecule is CCOc1cc(C2c3c(oc4ccc(C)cc4c3=O)C(=O)N2c2ccc(Cl)cn2)ccc1O. The van der Waals surface area contributed by atoms with Crippen LogP contribution in [0.5, 0.6) is 11.5 Å². The molecule has 2 aromatic heterocycles. The Balaban J connectivity index is 1.80. The first-order chi connectivity index (χ1) is 15.9. The van der Waals surface area contributed by atoms with Crippen molar-refractivity contribution in [3.8, 4) is 11.5 Å². The number of amides is 1. The number of rotatable bonds is 4. The molecule has 0 fully saturated rings. The molecular formula is C25H19ClN2O5. The van der Waals surface area contributed by atoms with Crippen LogP contribution in [0.2, 0.25) is 5.02 Å². The van der Waals surface area contributed by atoms with Crippen molar-refractivity contribution >= 4 is 34.3 Å². The molecule has 5 rings (SSSR count). The lowest BCUT2D eigenvalue weighted by Gasteiger charge is -2.24. The van der Waals surface area contributed by atoms with E-state index in [1.165, 1.54) is 17.2 Å². The normalized spacial score (nSPS) is 15.2. The van der Waals surface area contributed by atoms with Crippen LogP contribution in [-0.2, 0) is 0 Å². The highest BCUT2D eigenvalue weighted by Crippen LogP contribution is 2.42. The molecule has 166 valence electrons. The molecule has 2 aromatic carbocycles. The number of fused-ring (bicyclic) bond motifs is 2. The molecule has 0 spiro atoms. The standard InChI is InChI=1S/C25H19ClN2O5/c1-3-32-19-11-14(5-7-17(19)29)22-21-23(30)16-10-13(2)4-8-18(16)33-24(21)25(31)28(22)20-9-6-15(26)12-27-20/h4-12,22,29H,3H2,1-2H3. The second kappa shape index (κ2) is 7.94. The second-order valence-electron chi connectivity index (χ2n) is 7.75. The molecule has 1 atom stereocenters. The molecule has 8 heteroatoms. The highest BCUT2D eigenvalue weighted by atomic mass is 35.5. The Hall–Kier alpha value is -3.84. The van der Waals surface area contributed by atoms with E-state index in [4.69, 9.17) is 20.8 Å². The van der Waals surface area contributed by atoms with Crippen LogP contribution in [0.3, 0.4) is 0 Å². The van der Waals surface area contributed by atoms with Crippen molar-refractivity contribution in [2.45, 2.75) is 19.9 Å². The van der Waals surface area contributed by atoms with E-state index in [1.807, 2.05) is 13.0 Å². The average molecular weight is 463 g/mol. The fraction of sp³-hybridized carbons (Fsp3) is 0.160. The van der Waals surface area contributed by atoms with Crippen molar-refractivity contribution in [3.05, 3.63) is 92.4 Å². The van der Waals surface area contributed by atoms with Gasteiger partial charge in [0, 0.05) is 6.20 Å². The van der Waals surface area contributed by atoms with Crippen molar-refractivity contribution < 1.29 is 19.1 Å². The third kappa shape index (κ3) is 3.41. The quantitative estimate of drug-likeness (QED) is 0.458. The van der Waals surface area contributed by atoms with E-state index in [1.54, 1.807) is 43.3 Å². The van der Waals surface area contributed by atoms with Crippen LogP contribution < -0.4 is 15.1 Å². The van der Waals surface area contributed by atoms with Crippen molar-refractivity contribution in [3.63, 3.8) is 0 Å². The van der Waals surface area contributed by atoms with Gasteiger partial charge in [0.2, 0.25) is 5.76 Å². The Morgan fingerprint density at radius 2 is 1.97 bits per heavy atom. The summed E-state index contributed by atoms with van der Waals surface area (Å²) in [5.74, 6) is -0.00513. The molecule has 0 saturated carbocycles. The monoisotopic (exact) mass is 462 g/mol. The smallest absolute Gasteiger partial charge is 0.296 e. The van der Waals surface area contributed by atoms with Gasteiger partial charge in [0.1, 0.15) is 11.4 Å².